The second-order valence-electron chi connectivity index (χ2n) is 7.67. The predicted octanol–water partition coefficient (Wildman–Crippen LogP) is 3.97. The third kappa shape index (κ3) is 3.59. The van der Waals surface area contributed by atoms with Crippen molar-refractivity contribution in [2.75, 3.05) is 20.2 Å². The van der Waals surface area contributed by atoms with Crippen LogP contribution in [0.2, 0.25) is 0 Å². The minimum atomic E-state index is -2.85. The molecule has 0 aliphatic carbocycles. The lowest BCUT2D eigenvalue weighted by molar-refractivity contribution is -0.113. The molecule has 0 radical (unpaired) electrons. The van der Waals surface area contributed by atoms with Crippen LogP contribution in [0.1, 0.15) is 20.7 Å². The lowest BCUT2D eigenvalue weighted by Gasteiger charge is -2.38. The van der Waals surface area contributed by atoms with Gasteiger partial charge in [0.1, 0.15) is 29.1 Å². The second-order valence-corrected chi connectivity index (χ2v) is 7.67. The largest absolute Gasteiger partial charge is 0.496 e. The molecule has 3 heterocycles. The number of primary amides is 1. The molecule has 2 amide bonds. The van der Waals surface area contributed by atoms with Crippen LogP contribution in [0, 0.1) is 0 Å². The maximum atomic E-state index is 13.1. The summed E-state index contributed by atoms with van der Waals surface area (Å²) in [6, 6.07) is 9.61. The molecule has 0 spiro atoms. The molecule has 1 aliphatic rings. The molecule has 10 heteroatoms. The number of pyridine rings is 1. The number of hydrogen-bond donors (Lipinski definition) is 1. The van der Waals surface area contributed by atoms with Gasteiger partial charge in [0.25, 0.3) is 17.7 Å². The molecule has 8 nitrogen and oxygen atoms in total. The van der Waals surface area contributed by atoms with E-state index in [-0.39, 0.29) is 11.1 Å². The van der Waals surface area contributed by atoms with E-state index in [4.69, 9.17) is 19.6 Å². The Kier molecular flexibility index (Phi) is 4.66. The number of methoxy groups -OCH3 is 1. The highest BCUT2D eigenvalue weighted by molar-refractivity contribution is 6.06. The van der Waals surface area contributed by atoms with Crippen LogP contribution in [-0.4, -0.2) is 47.8 Å². The quantitative estimate of drug-likeness (QED) is 0.490. The average molecular weight is 453 g/mol. The minimum absolute atomic E-state index is 0.184. The molecule has 0 saturated carbocycles. The van der Waals surface area contributed by atoms with Gasteiger partial charge in [0, 0.05) is 29.1 Å². The average Bonchev–Trinajstić information content (AvgIpc) is 3.19. The van der Waals surface area contributed by atoms with Crippen molar-refractivity contribution in [3.8, 4) is 17.2 Å². The van der Waals surface area contributed by atoms with Crippen molar-refractivity contribution in [3.05, 3.63) is 60.0 Å². The first-order valence-corrected chi connectivity index (χ1v) is 9.88. The molecule has 0 unspecified atom stereocenters. The van der Waals surface area contributed by atoms with E-state index < -0.39 is 30.8 Å². The number of nitrogens with zero attached hydrogens (tertiary/aromatic N) is 2. The molecule has 1 aliphatic heterocycles. The molecule has 33 heavy (non-hydrogen) atoms. The highest BCUT2D eigenvalue weighted by atomic mass is 19.3. The lowest BCUT2D eigenvalue weighted by atomic mass is 10.1. The standard InChI is InChI=1S/C23H17F2N3O5/c1-31-19-8-17-14(7-15(19)21(26)29)18(4-5-27-17)33-12-2-3-13-16(9-32-20(13)6-12)22(30)28-10-23(24,25)11-28/h2-9H,10-11H2,1H3,(H2,26,29). The number of likely N-dealkylation sites (tertiary alicyclic amines) is 1. The van der Waals surface area contributed by atoms with Gasteiger partial charge < -0.3 is 24.5 Å². The van der Waals surface area contributed by atoms with Crippen LogP contribution in [-0.2, 0) is 0 Å². The van der Waals surface area contributed by atoms with Gasteiger partial charge in [-0.15, -0.1) is 0 Å². The Balaban J connectivity index is 1.47. The monoisotopic (exact) mass is 453 g/mol. The van der Waals surface area contributed by atoms with E-state index in [0.717, 1.165) is 4.90 Å². The summed E-state index contributed by atoms with van der Waals surface area (Å²) in [5, 5.41) is 1.03. The zero-order valence-electron chi connectivity index (χ0n) is 17.3. The zero-order valence-corrected chi connectivity index (χ0v) is 17.3. The van der Waals surface area contributed by atoms with Crippen molar-refractivity contribution in [2.45, 2.75) is 5.92 Å². The molecule has 1 saturated heterocycles. The highest BCUT2D eigenvalue weighted by Gasteiger charge is 2.46. The van der Waals surface area contributed by atoms with E-state index >= 15 is 0 Å². The van der Waals surface area contributed by atoms with E-state index in [1.165, 1.54) is 13.4 Å². The minimum Gasteiger partial charge on any atom is -0.496 e. The Labute approximate surface area is 185 Å². The molecule has 4 aromatic rings. The summed E-state index contributed by atoms with van der Waals surface area (Å²) in [4.78, 5) is 29.7. The van der Waals surface area contributed by atoms with E-state index in [9.17, 15) is 18.4 Å². The number of rotatable bonds is 5. The van der Waals surface area contributed by atoms with Gasteiger partial charge in [0.05, 0.1) is 36.8 Å². The van der Waals surface area contributed by atoms with Crippen molar-refractivity contribution in [1.29, 1.82) is 0 Å². The third-order valence-electron chi connectivity index (χ3n) is 5.43. The Bertz CT molecular complexity index is 1420. The maximum Gasteiger partial charge on any atom is 0.282 e. The Morgan fingerprint density at radius 2 is 1.88 bits per heavy atom. The normalized spacial score (nSPS) is 14.8. The van der Waals surface area contributed by atoms with E-state index in [2.05, 4.69) is 4.98 Å². The first-order chi connectivity index (χ1) is 15.8. The molecule has 168 valence electrons. The van der Waals surface area contributed by atoms with Gasteiger partial charge in [-0.2, -0.15) is 0 Å². The van der Waals surface area contributed by atoms with Gasteiger partial charge in [0.15, 0.2) is 0 Å². The number of hydrogen-bond acceptors (Lipinski definition) is 6. The molecular formula is C23H17F2N3O5. The van der Waals surface area contributed by atoms with Gasteiger partial charge in [0.2, 0.25) is 0 Å². The first-order valence-electron chi connectivity index (χ1n) is 9.88. The van der Waals surface area contributed by atoms with Gasteiger partial charge >= 0.3 is 0 Å². The number of furan rings is 1. The van der Waals surface area contributed by atoms with Crippen LogP contribution in [0.5, 0.6) is 17.2 Å². The summed E-state index contributed by atoms with van der Waals surface area (Å²) in [6.07, 6.45) is 2.80. The van der Waals surface area contributed by atoms with Crippen molar-refractivity contribution >= 4 is 33.7 Å². The Hall–Kier alpha value is -4.21. The number of alkyl halides is 2. The number of benzene rings is 2. The zero-order chi connectivity index (χ0) is 23.3. The number of amides is 2. The van der Waals surface area contributed by atoms with Gasteiger partial charge in [-0.25, -0.2) is 8.78 Å². The van der Waals surface area contributed by atoms with Crippen molar-refractivity contribution in [2.24, 2.45) is 5.73 Å². The summed E-state index contributed by atoms with van der Waals surface area (Å²) < 4.78 is 42.9. The molecule has 2 aromatic heterocycles. The third-order valence-corrected chi connectivity index (χ3v) is 5.43. The Morgan fingerprint density at radius 3 is 2.58 bits per heavy atom. The van der Waals surface area contributed by atoms with Crippen LogP contribution in [0.15, 0.2) is 53.3 Å². The van der Waals surface area contributed by atoms with Gasteiger partial charge in [-0.05, 0) is 24.3 Å². The van der Waals surface area contributed by atoms with Crippen molar-refractivity contribution < 1.29 is 32.3 Å². The summed E-state index contributed by atoms with van der Waals surface area (Å²) >= 11 is 0. The fourth-order valence-corrected chi connectivity index (χ4v) is 3.79. The summed E-state index contributed by atoms with van der Waals surface area (Å²) in [6.45, 7) is -1.21. The maximum absolute atomic E-state index is 13.1. The number of ether oxygens (including phenoxy) is 2. The molecule has 2 aromatic carbocycles. The molecule has 1 fully saturated rings. The molecule has 0 bridgehead atoms. The van der Waals surface area contributed by atoms with Crippen LogP contribution in [0.25, 0.3) is 21.9 Å². The molecule has 2 N–H and O–H groups in total. The number of halogens is 2. The highest BCUT2D eigenvalue weighted by Crippen LogP contribution is 2.35. The Morgan fingerprint density at radius 1 is 1.09 bits per heavy atom. The van der Waals surface area contributed by atoms with Crippen molar-refractivity contribution in [3.63, 3.8) is 0 Å². The number of nitrogens with two attached hydrogens (primary N) is 1. The van der Waals surface area contributed by atoms with Crippen molar-refractivity contribution in [1.82, 2.24) is 9.88 Å². The molecule has 5 rings (SSSR count). The van der Waals surface area contributed by atoms with Crippen LogP contribution < -0.4 is 15.2 Å². The number of aromatic nitrogens is 1. The first kappa shape index (κ1) is 20.7. The lowest BCUT2D eigenvalue weighted by Crippen LogP contribution is -2.58. The fraction of sp³-hybridized carbons (Fsp3) is 0.174. The SMILES string of the molecule is COc1cc2nccc(Oc3ccc4c(C(=O)N5CC(F)(F)C5)coc4c3)c2cc1C(N)=O. The number of carbonyl (C=O) groups excluding carboxylic acids is 2. The summed E-state index contributed by atoms with van der Waals surface area (Å²) in [5.41, 5.74) is 6.75. The second kappa shape index (κ2) is 7.44. The smallest absolute Gasteiger partial charge is 0.282 e. The molecular weight excluding hydrogens is 436 g/mol. The molecule has 0 atom stereocenters. The van der Waals surface area contributed by atoms with Gasteiger partial charge in [-0.1, -0.05) is 0 Å². The van der Waals surface area contributed by atoms with Crippen LogP contribution >= 0.6 is 0 Å². The van der Waals surface area contributed by atoms with Crippen LogP contribution in [0.3, 0.4) is 0 Å². The van der Waals surface area contributed by atoms with Gasteiger partial charge in [-0.3, -0.25) is 14.6 Å². The summed E-state index contributed by atoms with van der Waals surface area (Å²) in [7, 11) is 1.43. The predicted molar refractivity (Wildman–Crippen MR) is 114 cm³/mol. The topological polar surface area (TPSA) is 108 Å². The summed E-state index contributed by atoms with van der Waals surface area (Å²) in [5.74, 6) is -2.90. The van der Waals surface area contributed by atoms with Crippen LogP contribution in [0.4, 0.5) is 8.78 Å². The van der Waals surface area contributed by atoms with E-state index in [1.54, 1.807) is 42.6 Å². The van der Waals surface area contributed by atoms with E-state index in [1.807, 2.05) is 0 Å². The van der Waals surface area contributed by atoms with E-state index in [0.29, 0.717) is 39.1 Å². The fourth-order valence-electron chi connectivity index (χ4n) is 3.79. The number of carbonyl (C=O) groups is 2. The number of fused-ring (bicyclic) bond motifs is 2.